The van der Waals surface area contributed by atoms with E-state index in [1.54, 1.807) is 0 Å². The molecule has 6 aromatic rings. The predicted octanol–water partition coefficient (Wildman–Crippen LogP) is 12.0. The monoisotopic (exact) mass is 605 g/mol. The number of fused-ring (bicyclic) bond motifs is 8. The first-order valence-corrected chi connectivity index (χ1v) is 17.0. The Labute approximate surface area is 278 Å². The van der Waals surface area contributed by atoms with Gasteiger partial charge in [0.1, 0.15) is 0 Å². The lowest BCUT2D eigenvalue weighted by Gasteiger charge is -2.33. The summed E-state index contributed by atoms with van der Waals surface area (Å²) in [7, 11) is 0. The van der Waals surface area contributed by atoms with Crippen LogP contribution in [-0.2, 0) is 10.8 Å². The van der Waals surface area contributed by atoms with Crippen molar-refractivity contribution < 1.29 is 0 Å². The minimum Gasteiger partial charge on any atom is -0.334 e. The van der Waals surface area contributed by atoms with Crippen molar-refractivity contribution in [1.82, 2.24) is 0 Å². The number of hydrogen-bond donors (Lipinski definition) is 0. The molecule has 1 atom stereocenters. The van der Waals surface area contributed by atoms with E-state index in [0.717, 1.165) is 6.42 Å². The minimum absolute atomic E-state index is 0.0226. The molecule has 1 nitrogen and oxygen atoms in total. The molecule has 47 heavy (non-hydrogen) atoms. The molecule has 6 aromatic carbocycles. The zero-order valence-electron chi connectivity index (χ0n) is 27.6. The number of anilines is 2. The van der Waals surface area contributed by atoms with Crippen molar-refractivity contribution in [2.45, 2.75) is 51.0 Å². The van der Waals surface area contributed by atoms with E-state index in [1.807, 2.05) is 0 Å². The third-order valence-electron chi connectivity index (χ3n) is 11.2. The van der Waals surface area contributed by atoms with E-state index >= 15 is 0 Å². The zero-order chi connectivity index (χ0) is 31.9. The molecule has 0 amide bonds. The molecule has 0 saturated carbocycles. The molecule has 228 valence electrons. The molecule has 9 rings (SSSR count). The quantitative estimate of drug-likeness (QED) is 0.193. The molecule has 1 unspecified atom stereocenters. The van der Waals surface area contributed by atoms with Crippen molar-refractivity contribution in [2.75, 3.05) is 4.90 Å². The van der Waals surface area contributed by atoms with Crippen molar-refractivity contribution in [3.8, 4) is 22.3 Å². The van der Waals surface area contributed by atoms with Gasteiger partial charge in [-0.25, -0.2) is 0 Å². The van der Waals surface area contributed by atoms with Crippen molar-refractivity contribution in [1.29, 1.82) is 0 Å². The van der Waals surface area contributed by atoms with Crippen LogP contribution in [0.1, 0.15) is 61.9 Å². The van der Waals surface area contributed by atoms with Crippen LogP contribution in [0.4, 0.5) is 11.4 Å². The van der Waals surface area contributed by atoms with E-state index in [-0.39, 0.29) is 16.9 Å². The number of rotatable bonds is 4. The van der Waals surface area contributed by atoms with E-state index < -0.39 is 0 Å². The average Bonchev–Trinajstić information content (AvgIpc) is 3.47. The molecular formula is C46H39N. The summed E-state index contributed by atoms with van der Waals surface area (Å²) in [6, 6.07) is 47.4. The second kappa shape index (κ2) is 10.2. The summed E-state index contributed by atoms with van der Waals surface area (Å²) in [5.74, 6) is 0. The van der Waals surface area contributed by atoms with Gasteiger partial charge in [-0.15, -0.1) is 0 Å². The fourth-order valence-corrected chi connectivity index (χ4v) is 8.72. The van der Waals surface area contributed by atoms with Gasteiger partial charge in [-0.05, 0) is 115 Å². The van der Waals surface area contributed by atoms with Crippen molar-refractivity contribution in [3.05, 3.63) is 173 Å². The molecule has 0 fully saturated rings. The standard InChI is InChI=1S/C46H39N/c1-45(2)40-22-14-13-20-35(40)38-28-42-39(29-41(38)45)44-36-21-12-11-19-34(36)37(27-43(44)46(42,3)4)30-23-25-33(26-24-30)47(31-15-7-5-8-16-31)32-17-9-6-10-18-32/h5-25,27-29,33H,26H2,1-4H3. The molecular weight excluding hydrogens is 567 g/mol. The van der Waals surface area contributed by atoms with Gasteiger partial charge in [-0.1, -0.05) is 131 Å². The first kappa shape index (κ1) is 28.1. The Morgan fingerprint density at radius 2 is 1.06 bits per heavy atom. The molecule has 3 aliphatic carbocycles. The SMILES string of the molecule is CC1(C)c2ccccc2-c2cc3c(cc21)-c1c(cc(C2=CCC(N(c4ccccc4)c4ccccc4)C=C2)c2ccccc12)C3(C)C. The highest BCUT2D eigenvalue weighted by Gasteiger charge is 2.42. The van der Waals surface area contributed by atoms with E-state index in [9.17, 15) is 0 Å². The molecule has 0 bridgehead atoms. The van der Waals surface area contributed by atoms with Crippen molar-refractivity contribution >= 4 is 27.7 Å². The maximum absolute atomic E-state index is 2.54. The van der Waals surface area contributed by atoms with E-state index in [0.29, 0.717) is 0 Å². The van der Waals surface area contributed by atoms with E-state index in [2.05, 4.69) is 178 Å². The number of para-hydroxylation sites is 2. The number of nitrogens with zero attached hydrogens (tertiary/aromatic N) is 1. The van der Waals surface area contributed by atoms with Crippen LogP contribution >= 0.6 is 0 Å². The molecule has 1 heteroatoms. The first-order valence-electron chi connectivity index (χ1n) is 17.0. The summed E-state index contributed by atoms with van der Waals surface area (Å²) in [6.07, 6.45) is 8.16. The maximum Gasteiger partial charge on any atom is 0.0560 e. The highest BCUT2D eigenvalue weighted by molar-refractivity contribution is 6.08. The van der Waals surface area contributed by atoms with Gasteiger partial charge >= 0.3 is 0 Å². The van der Waals surface area contributed by atoms with E-state index in [1.165, 1.54) is 77.8 Å². The van der Waals surface area contributed by atoms with Gasteiger partial charge in [0.25, 0.3) is 0 Å². The van der Waals surface area contributed by atoms with Crippen LogP contribution in [0.3, 0.4) is 0 Å². The molecule has 0 N–H and O–H groups in total. The summed E-state index contributed by atoms with van der Waals surface area (Å²) in [5, 5.41) is 2.68. The van der Waals surface area contributed by atoms with Gasteiger partial charge in [0, 0.05) is 22.2 Å². The molecule has 0 heterocycles. The van der Waals surface area contributed by atoms with Crippen LogP contribution < -0.4 is 4.90 Å². The van der Waals surface area contributed by atoms with Gasteiger partial charge in [0.2, 0.25) is 0 Å². The second-order valence-electron chi connectivity index (χ2n) is 14.5. The number of allylic oxidation sites excluding steroid dienone is 2. The average molecular weight is 606 g/mol. The Kier molecular flexibility index (Phi) is 6.09. The summed E-state index contributed by atoms with van der Waals surface area (Å²) in [5.41, 5.74) is 16.3. The van der Waals surface area contributed by atoms with Crippen LogP contribution in [-0.4, -0.2) is 6.04 Å². The summed E-state index contributed by atoms with van der Waals surface area (Å²) in [6.45, 7) is 9.62. The van der Waals surface area contributed by atoms with Gasteiger partial charge < -0.3 is 4.90 Å². The van der Waals surface area contributed by atoms with Gasteiger partial charge in [0.05, 0.1) is 6.04 Å². The first-order chi connectivity index (χ1) is 22.8. The third kappa shape index (κ3) is 4.09. The fourth-order valence-electron chi connectivity index (χ4n) is 8.72. The summed E-state index contributed by atoms with van der Waals surface area (Å²) >= 11 is 0. The van der Waals surface area contributed by atoms with E-state index in [4.69, 9.17) is 0 Å². The molecule has 0 aliphatic heterocycles. The van der Waals surface area contributed by atoms with Crippen LogP contribution in [0, 0.1) is 0 Å². The lowest BCUT2D eigenvalue weighted by molar-refractivity contribution is 0.652. The smallest absolute Gasteiger partial charge is 0.0560 e. The summed E-state index contributed by atoms with van der Waals surface area (Å²) in [4.78, 5) is 2.46. The second-order valence-corrected chi connectivity index (χ2v) is 14.5. The highest BCUT2D eigenvalue weighted by Crippen LogP contribution is 2.58. The third-order valence-corrected chi connectivity index (χ3v) is 11.2. The highest BCUT2D eigenvalue weighted by atomic mass is 15.2. The molecule has 0 saturated heterocycles. The Bertz CT molecular complexity index is 2230. The van der Waals surface area contributed by atoms with Crippen LogP contribution in [0.2, 0.25) is 0 Å². The summed E-state index contributed by atoms with van der Waals surface area (Å²) < 4.78 is 0. The topological polar surface area (TPSA) is 3.24 Å². The number of hydrogen-bond acceptors (Lipinski definition) is 1. The zero-order valence-corrected chi connectivity index (χ0v) is 27.6. The lowest BCUT2D eigenvalue weighted by atomic mass is 9.78. The maximum atomic E-state index is 2.54. The van der Waals surface area contributed by atoms with Gasteiger partial charge in [-0.2, -0.15) is 0 Å². The normalized spacial score (nSPS) is 17.9. The van der Waals surface area contributed by atoms with Crippen molar-refractivity contribution in [3.63, 3.8) is 0 Å². The van der Waals surface area contributed by atoms with Crippen molar-refractivity contribution in [2.24, 2.45) is 0 Å². The van der Waals surface area contributed by atoms with Crippen LogP contribution in [0.25, 0.3) is 38.6 Å². The Morgan fingerprint density at radius 1 is 0.511 bits per heavy atom. The Morgan fingerprint density at radius 3 is 1.74 bits per heavy atom. The number of benzene rings is 6. The molecule has 0 radical (unpaired) electrons. The molecule has 0 aromatic heterocycles. The molecule has 3 aliphatic rings. The Balaban J connectivity index is 1.16. The predicted molar refractivity (Wildman–Crippen MR) is 200 cm³/mol. The van der Waals surface area contributed by atoms with Crippen LogP contribution in [0.15, 0.2) is 146 Å². The minimum atomic E-state index is -0.112. The fraction of sp³-hybridized carbons (Fsp3) is 0.174. The van der Waals surface area contributed by atoms with Crippen LogP contribution in [0.5, 0.6) is 0 Å². The largest absolute Gasteiger partial charge is 0.334 e. The Hall–Kier alpha value is -5.14. The van der Waals surface area contributed by atoms with Gasteiger partial charge in [0.15, 0.2) is 0 Å². The lowest BCUT2D eigenvalue weighted by Crippen LogP contribution is -2.30. The van der Waals surface area contributed by atoms with Gasteiger partial charge in [-0.3, -0.25) is 0 Å². The molecule has 0 spiro atoms.